The normalized spacial score (nSPS) is 36.0. The highest BCUT2D eigenvalue weighted by molar-refractivity contribution is 5.82. The molecule has 2 N–H and O–H groups in total. The van der Waals surface area contributed by atoms with E-state index in [-0.39, 0.29) is 5.91 Å². The van der Waals surface area contributed by atoms with Crippen LogP contribution >= 0.6 is 0 Å². The van der Waals surface area contributed by atoms with Crippen LogP contribution in [0.25, 0.3) is 0 Å². The number of carboxylic acid groups (broad SMARTS) is 1. The Morgan fingerprint density at radius 1 is 1.21 bits per heavy atom. The summed E-state index contributed by atoms with van der Waals surface area (Å²) in [5.74, 6) is -1.14. The van der Waals surface area contributed by atoms with Gasteiger partial charge in [0, 0.05) is 13.1 Å². The Morgan fingerprint density at radius 2 is 1.89 bits per heavy atom. The van der Waals surface area contributed by atoms with Gasteiger partial charge in [-0.2, -0.15) is 0 Å². The number of hydrogen-bond acceptors (Lipinski definition) is 4. The summed E-state index contributed by atoms with van der Waals surface area (Å²) in [5, 5.41) is 18.8. The largest absolute Gasteiger partial charge is 0.479 e. The molecule has 2 aliphatic heterocycles. The quantitative estimate of drug-likeness (QED) is 0.758. The Morgan fingerprint density at radius 3 is 2.53 bits per heavy atom. The summed E-state index contributed by atoms with van der Waals surface area (Å²) in [7, 11) is 0. The third-order valence-electron chi connectivity index (χ3n) is 3.95. The molecule has 2 rings (SSSR count). The lowest BCUT2D eigenvalue weighted by atomic mass is 9.98. The molecular formula is C13H21NO5. The molecule has 0 aromatic carbocycles. The third-order valence-corrected chi connectivity index (χ3v) is 3.95. The molecule has 0 bridgehead atoms. The lowest BCUT2D eigenvalue weighted by molar-refractivity contribution is -0.154. The Balaban J connectivity index is 1.92. The highest BCUT2D eigenvalue weighted by atomic mass is 16.5. The molecule has 2 heterocycles. The van der Waals surface area contributed by atoms with Gasteiger partial charge in [0.2, 0.25) is 0 Å². The number of aliphatic carboxylic acids is 1. The van der Waals surface area contributed by atoms with Crippen LogP contribution in [-0.4, -0.2) is 57.9 Å². The van der Waals surface area contributed by atoms with Gasteiger partial charge in [-0.1, -0.05) is 0 Å². The molecule has 6 nitrogen and oxygen atoms in total. The monoisotopic (exact) mass is 271 g/mol. The van der Waals surface area contributed by atoms with Crippen molar-refractivity contribution in [2.75, 3.05) is 13.1 Å². The van der Waals surface area contributed by atoms with Crippen molar-refractivity contribution in [3.8, 4) is 0 Å². The first-order chi connectivity index (χ1) is 8.89. The lowest BCUT2D eigenvalue weighted by Crippen LogP contribution is -2.40. The van der Waals surface area contributed by atoms with Crippen molar-refractivity contribution in [1.29, 1.82) is 0 Å². The van der Waals surface area contributed by atoms with E-state index in [0.717, 1.165) is 6.42 Å². The summed E-state index contributed by atoms with van der Waals surface area (Å²) in [6.45, 7) is 2.89. The van der Waals surface area contributed by atoms with Crippen LogP contribution in [0.4, 0.5) is 0 Å². The molecule has 0 aliphatic carbocycles. The third kappa shape index (κ3) is 3.45. The maximum absolute atomic E-state index is 12.3. The van der Waals surface area contributed by atoms with Gasteiger partial charge in [-0.25, -0.2) is 4.79 Å². The Bertz CT molecular complexity index is 368. The van der Waals surface area contributed by atoms with Crippen molar-refractivity contribution < 1.29 is 24.5 Å². The summed E-state index contributed by atoms with van der Waals surface area (Å²) in [5.41, 5.74) is -0.713. The van der Waals surface area contributed by atoms with Crippen LogP contribution in [0.5, 0.6) is 0 Å². The second kappa shape index (κ2) is 5.46. The van der Waals surface area contributed by atoms with Gasteiger partial charge in [-0.05, 0) is 39.0 Å². The van der Waals surface area contributed by atoms with E-state index in [1.165, 1.54) is 0 Å². The highest BCUT2D eigenvalue weighted by Crippen LogP contribution is 2.25. The standard InChI is InChI=1S/C13H21NO5/c1-13(18)5-2-7-14(8-6-13)11(15)9-3-4-10(19-9)12(16)17/h9-10,18H,2-8H2,1H3,(H,16,17)/t9-,10+,13?/m0/s1. The number of rotatable bonds is 2. The van der Waals surface area contributed by atoms with E-state index in [9.17, 15) is 14.7 Å². The van der Waals surface area contributed by atoms with Crippen molar-refractivity contribution >= 4 is 11.9 Å². The minimum absolute atomic E-state index is 0.138. The van der Waals surface area contributed by atoms with Crippen LogP contribution in [0.15, 0.2) is 0 Å². The molecule has 6 heteroatoms. The molecule has 2 saturated heterocycles. The van der Waals surface area contributed by atoms with E-state index >= 15 is 0 Å². The molecule has 2 aliphatic rings. The van der Waals surface area contributed by atoms with Gasteiger partial charge in [0.05, 0.1) is 5.60 Å². The molecule has 0 spiro atoms. The summed E-state index contributed by atoms with van der Waals surface area (Å²) >= 11 is 0. The maximum Gasteiger partial charge on any atom is 0.332 e. The van der Waals surface area contributed by atoms with Crippen molar-refractivity contribution in [2.45, 2.75) is 56.8 Å². The number of ether oxygens (including phenoxy) is 1. The van der Waals surface area contributed by atoms with Crippen LogP contribution in [0, 0.1) is 0 Å². The molecule has 0 aromatic heterocycles. The number of carboxylic acids is 1. The molecule has 2 fully saturated rings. The van der Waals surface area contributed by atoms with Crippen LogP contribution in [0.2, 0.25) is 0 Å². The fraction of sp³-hybridized carbons (Fsp3) is 0.846. The van der Waals surface area contributed by atoms with Crippen LogP contribution in [-0.2, 0) is 14.3 Å². The smallest absolute Gasteiger partial charge is 0.332 e. The average Bonchev–Trinajstić information content (AvgIpc) is 2.75. The van der Waals surface area contributed by atoms with Crippen molar-refractivity contribution in [3.05, 3.63) is 0 Å². The predicted octanol–water partition coefficient (Wildman–Crippen LogP) is 0.382. The zero-order chi connectivity index (χ0) is 14.0. The molecule has 0 aromatic rings. The highest BCUT2D eigenvalue weighted by Gasteiger charge is 2.37. The van der Waals surface area contributed by atoms with Gasteiger partial charge in [0.1, 0.15) is 6.10 Å². The van der Waals surface area contributed by atoms with Gasteiger partial charge < -0.3 is 19.8 Å². The van der Waals surface area contributed by atoms with Crippen LogP contribution in [0.1, 0.15) is 39.0 Å². The van der Waals surface area contributed by atoms with E-state index in [1.54, 1.807) is 11.8 Å². The lowest BCUT2D eigenvalue weighted by Gasteiger charge is -2.24. The topological polar surface area (TPSA) is 87.1 Å². The SMILES string of the molecule is CC1(O)CCCN(C(=O)[C@@H]2CC[C@H](C(=O)O)O2)CC1. The minimum Gasteiger partial charge on any atom is -0.479 e. The molecule has 0 saturated carbocycles. The van der Waals surface area contributed by atoms with E-state index in [4.69, 9.17) is 9.84 Å². The van der Waals surface area contributed by atoms with E-state index in [1.807, 2.05) is 0 Å². The number of carbonyl (C=O) groups excluding carboxylic acids is 1. The average molecular weight is 271 g/mol. The van der Waals surface area contributed by atoms with Crippen molar-refractivity contribution in [2.24, 2.45) is 0 Å². The Kier molecular flexibility index (Phi) is 4.10. The predicted molar refractivity (Wildman–Crippen MR) is 66.6 cm³/mol. The van der Waals surface area contributed by atoms with E-state index < -0.39 is 23.8 Å². The van der Waals surface area contributed by atoms with Crippen molar-refractivity contribution in [3.63, 3.8) is 0 Å². The van der Waals surface area contributed by atoms with Gasteiger partial charge in [-0.15, -0.1) is 0 Å². The number of nitrogens with zero attached hydrogens (tertiary/aromatic N) is 1. The number of hydrogen-bond donors (Lipinski definition) is 2. The Labute approximate surface area is 112 Å². The molecule has 108 valence electrons. The molecule has 0 radical (unpaired) electrons. The summed E-state index contributed by atoms with van der Waals surface area (Å²) in [4.78, 5) is 24.8. The van der Waals surface area contributed by atoms with E-state index in [0.29, 0.717) is 38.8 Å². The maximum atomic E-state index is 12.3. The molecule has 3 atom stereocenters. The first-order valence-corrected chi connectivity index (χ1v) is 6.78. The van der Waals surface area contributed by atoms with Gasteiger partial charge >= 0.3 is 5.97 Å². The molecule has 1 unspecified atom stereocenters. The van der Waals surface area contributed by atoms with Crippen LogP contribution < -0.4 is 0 Å². The Hall–Kier alpha value is -1.14. The summed E-state index contributed by atoms with van der Waals surface area (Å²) in [6.07, 6.45) is 1.34. The van der Waals surface area contributed by atoms with Crippen molar-refractivity contribution in [1.82, 2.24) is 4.90 Å². The number of carbonyl (C=O) groups is 2. The fourth-order valence-electron chi connectivity index (χ4n) is 2.69. The summed E-state index contributed by atoms with van der Waals surface area (Å²) < 4.78 is 5.28. The number of amides is 1. The first kappa shape index (κ1) is 14.3. The second-order valence-corrected chi connectivity index (χ2v) is 5.70. The second-order valence-electron chi connectivity index (χ2n) is 5.70. The zero-order valence-corrected chi connectivity index (χ0v) is 11.2. The van der Waals surface area contributed by atoms with Gasteiger partial charge in [0.15, 0.2) is 6.10 Å². The van der Waals surface area contributed by atoms with Crippen LogP contribution in [0.3, 0.4) is 0 Å². The molecule has 19 heavy (non-hydrogen) atoms. The molecule has 1 amide bonds. The first-order valence-electron chi connectivity index (χ1n) is 6.78. The molecular weight excluding hydrogens is 250 g/mol. The number of aliphatic hydroxyl groups is 1. The van der Waals surface area contributed by atoms with Gasteiger partial charge in [0.25, 0.3) is 5.91 Å². The van der Waals surface area contributed by atoms with Gasteiger partial charge in [-0.3, -0.25) is 4.79 Å². The number of likely N-dealkylation sites (tertiary alicyclic amines) is 1. The van der Waals surface area contributed by atoms with E-state index in [2.05, 4.69) is 0 Å². The summed E-state index contributed by atoms with van der Waals surface area (Å²) in [6, 6.07) is 0. The fourth-order valence-corrected chi connectivity index (χ4v) is 2.69. The zero-order valence-electron chi connectivity index (χ0n) is 11.2. The minimum atomic E-state index is -1.01.